The summed E-state index contributed by atoms with van der Waals surface area (Å²) in [5, 5.41) is -0.376. The summed E-state index contributed by atoms with van der Waals surface area (Å²) in [4.78, 5) is 21.8. The van der Waals surface area contributed by atoms with Crippen molar-refractivity contribution in [2.75, 3.05) is 11.3 Å². The van der Waals surface area contributed by atoms with Crippen molar-refractivity contribution in [2.24, 2.45) is 4.99 Å². The minimum Gasteiger partial charge on any atom is -0.464 e. The molecular formula is C37H39N3O4S. The number of carbonyl (C=O) groups excluding carboxylic acids is 1. The summed E-state index contributed by atoms with van der Waals surface area (Å²) in [5.41, 5.74) is 2.58. The van der Waals surface area contributed by atoms with Gasteiger partial charge in [0.05, 0.1) is 17.9 Å². The Hall–Kier alpha value is -4.43. The number of rotatable bonds is 10. The minimum absolute atomic E-state index is 0.205. The third kappa shape index (κ3) is 6.25. The van der Waals surface area contributed by atoms with Crippen LogP contribution in [0, 0.1) is 0 Å². The molecule has 0 bridgehead atoms. The second-order valence-corrected chi connectivity index (χ2v) is 13.7. The number of carbonyl (C=O) groups is 1. The van der Waals surface area contributed by atoms with Crippen LogP contribution in [0.2, 0.25) is 0 Å². The summed E-state index contributed by atoms with van der Waals surface area (Å²) >= 11 is 0. The molecule has 0 amide bonds. The zero-order chi connectivity index (χ0) is 31.3. The molecule has 0 aromatic heterocycles. The van der Waals surface area contributed by atoms with Gasteiger partial charge in [-0.15, -0.1) is 0 Å². The molecule has 7 nitrogen and oxygen atoms in total. The van der Waals surface area contributed by atoms with E-state index in [1.807, 2.05) is 91.0 Å². The van der Waals surface area contributed by atoms with Crippen LogP contribution in [0.4, 0.5) is 5.69 Å². The number of aliphatic imine (C=N–C) groups is 1. The maximum absolute atomic E-state index is 14.3. The lowest BCUT2D eigenvalue weighted by molar-refractivity contribution is -0.151. The summed E-state index contributed by atoms with van der Waals surface area (Å²) in [6.07, 6.45) is 4.31. The Labute approximate surface area is 266 Å². The van der Waals surface area contributed by atoms with Gasteiger partial charge in [-0.3, -0.25) is 4.72 Å². The normalized spacial score (nSPS) is 20.4. The molecule has 232 valence electrons. The van der Waals surface area contributed by atoms with Gasteiger partial charge in [0, 0.05) is 17.8 Å². The van der Waals surface area contributed by atoms with E-state index in [9.17, 15) is 13.2 Å². The number of amidine groups is 1. The summed E-state index contributed by atoms with van der Waals surface area (Å²) in [6, 6.07) is 36.4. The lowest BCUT2D eigenvalue weighted by Gasteiger charge is -2.37. The predicted molar refractivity (Wildman–Crippen MR) is 178 cm³/mol. The van der Waals surface area contributed by atoms with Gasteiger partial charge in [-0.05, 0) is 48.6 Å². The van der Waals surface area contributed by atoms with E-state index < -0.39 is 27.6 Å². The maximum atomic E-state index is 14.3. The van der Waals surface area contributed by atoms with Crippen molar-refractivity contribution in [2.45, 2.75) is 62.4 Å². The van der Waals surface area contributed by atoms with Crippen LogP contribution < -0.4 is 4.72 Å². The van der Waals surface area contributed by atoms with Crippen LogP contribution in [0.3, 0.4) is 0 Å². The molecule has 1 saturated carbocycles. The average molecular weight is 622 g/mol. The molecule has 8 heteroatoms. The van der Waals surface area contributed by atoms with E-state index in [-0.39, 0.29) is 11.9 Å². The Morgan fingerprint density at radius 2 is 1.44 bits per heavy atom. The molecule has 6 rings (SSSR count). The van der Waals surface area contributed by atoms with Gasteiger partial charge >= 0.3 is 5.97 Å². The molecule has 1 aliphatic heterocycles. The van der Waals surface area contributed by atoms with E-state index in [1.165, 1.54) is 0 Å². The second-order valence-electron chi connectivity index (χ2n) is 11.7. The third-order valence-electron chi connectivity index (χ3n) is 8.77. The zero-order valence-electron chi connectivity index (χ0n) is 25.5. The lowest BCUT2D eigenvalue weighted by Crippen LogP contribution is -2.44. The summed E-state index contributed by atoms with van der Waals surface area (Å²) in [7, 11) is -3.51. The molecule has 0 radical (unpaired) electrons. The van der Waals surface area contributed by atoms with Crippen molar-refractivity contribution < 1.29 is 17.9 Å². The molecule has 0 saturated heterocycles. The van der Waals surface area contributed by atoms with E-state index in [1.54, 1.807) is 19.1 Å². The smallest absolute Gasteiger partial charge is 0.341 e. The topological polar surface area (TPSA) is 88.1 Å². The third-order valence-corrected chi connectivity index (χ3v) is 10.6. The highest BCUT2D eigenvalue weighted by atomic mass is 32.2. The fraction of sp³-hybridized carbons (Fsp3) is 0.297. The Morgan fingerprint density at radius 3 is 2.07 bits per heavy atom. The summed E-state index contributed by atoms with van der Waals surface area (Å²) in [6.45, 7) is 2.50. The van der Waals surface area contributed by atoms with Gasteiger partial charge in [-0.2, -0.15) is 0 Å². The molecule has 0 unspecified atom stereocenters. The molecule has 1 heterocycles. The van der Waals surface area contributed by atoms with Gasteiger partial charge in [0.2, 0.25) is 15.6 Å². The van der Waals surface area contributed by atoms with Crippen LogP contribution in [0.1, 0.15) is 67.3 Å². The molecule has 1 N–H and O–H groups in total. The van der Waals surface area contributed by atoms with E-state index in [2.05, 4.69) is 21.8 Å². The predicted octanol–water partition coefficient (Wildman–Crippen LogP) is 7.22. The first-order valence-corrected chi connectivity index (χ1v) is 17.3. The molecule has 1 aliphatic carbocycles. The Balaban J connectivity index is 1.49. The average Bonchev–Trinajstić information content (AvgIpc) is 3.42. The Kier molecular flexibility index (Phi) is 9.03. The number of benzene rings is 4. The summed E-state index contributed by atoms with van der Waals surface area (Å²) < 4.78 is 35.0. The molecule has 1 fully saturated rings. The first-order valence-electron chi connectivity index (χ1n) is 15.7. The highest BCUT2D eigenvalue weighted by Gasteiger charge is 2.57. The van der Waals surface area contributed by atoms with Crippen LogP contribution in [-0.4, -0.2) is 37.0 Å². The van der Waals surface area contributed by atoms with Gasteiger partial charge in [0.25, 0.3) is 0 Å². The second kappa shape index (κ2) is 13.3. The molecule has 4 aromatic rings. The van der Waals surface area contributed by atoms with Crippen molar-refractivity contribution in [3.8, 4) is 0 Å². The van der Waals surface area contributed by atoms with Crippen LogP contribution >= 0.6 is 0 Å². The van der Waals surface area contributed by atoms with Gasteiger partial charge < -0.3 is 9.64 Å². The van der Waals surface area contributed by atoms with E-state index in [0.717, 1.165) is 41.5 Å². The fourth-order valence-electron chi connectivity index (χ4n) is 6.61. The first-order chi connectivity index (χ1) is 21.9. The van der Waals surface area contributed by atoms with Crippen LogP contribution in [-0.2, 0) is 31.6 Å². The zero-order valence-corrected chi connectivity index (χ0v) is 26.3. The van der Waals surface area contributed by atoms with Crippen LogP contribution in [0.25, 0.3) is 0 Å². The number of esters is 1. The molecular weight excluding hydrogens is 582 g/mol. The highest BCUT2D eigenvalue weighted by Crippen LogP contribution is 2.50. The summed E-state index contributed by atoms with van der Waals surface area (Å²) in [5.74, 6) is 0.246. The van der Waals surface area contributed by atoms with Crippen molar-refractivity contribution in [1.29, 1.82) is 0 Å². The lowest BCUT2D eigenvalue weighted by atomic mass is 9.79. The van der Waals surface area contributed by atoms with Gasteiger partial charge in [-0.25, -0.2) is 18.2 Å². The van der Waals surface area contributed by atoms with Gasteiger partial charge in [0.15, 0.2) is 0 Å². The highest BCUT2D eigenvalue weighted by molar-refractivity contribution is 7.93. The number of hydrogen-bond acceptors (Lipinski definition) is 6. The number of hydrogen-bond donors (Lipinski definition) is 1. The largest absolute Gasteiger partial charge is 0.464 e. The van der Waals surface area contributed by atoms with Crippen LogP contribution in [0.15, 0.2) is 120 Å². The van der Waals surface area contributed by atoms with Gasteiger partial charge in [-0.1, -0.05) is 122 Å². The van der Waals surface area contributed by atoms with Crippen molar-refractivity contribution >= 4 is 27.5 Å². The standard InChI is InChI=1S/C37H39N3O4S/c1-2-44-36(41)37(31-19-11-5-12-20-31)34(29-23-25-32(26-24-29)39-45(42,43)33-21-13-6-14-22-33)40(27-28-15-7-3-8-16-28)35(38-37)30-17-9-4-10-18-30/h3-5,7-12,15-20,23-26,33-34,39H,2,6,13-14,21-22,27H2,1H3/t34-,37-/m0/s1. The molecule has 4 aromatic carbocycles. The molecule has 2 atom stereocenters. The van der Waals surface area contributed by atoms with Crippen molar-refractivity contribution in [1.82, 2.24) is 4.90 Å². The first kappa shape index (κ1) is 30.6. The molecule has 2 aliphatic rings. The van der Waals surface area contributed by atoms with Gasteiger partial charge in [0.1, 0.15) is 5.84 Å². The minimum atomic E-state index is -3.51. The molecule has 45 heavy (non-hydrogen) atoms. The number of sulfonamides is 1. The Morgan fingerprint density at radius 1 is 0.844 bits per heavy atom. The monoisotopic (exact) mass is 621 g/mol. The Bertz CT molecular complexity index is 1720. The SMILES string of the molecule is CCOC(=O)[C@@]1(c2ccccc2)N=C(c2ccccc2)N(Cc2ccccc2)[C@H]1c1ccc(NS(=O)(=O)C2CCCCC2)cc1. The van der Waals surface area contributed by atoms with E-state index >= 15 is 0 Å². The van der Waals surface area contributed by atoms with Crippen molar-refractivity contribution in [3.63, 3.8) is 0 Å². The number of nitrogens with one attached hydrogen (secondary N) is 1. The van der Waals surface area contributed by atoms with Crippen LogP contribution in [0.5, 0.6) is 0 Å². The quantitative estimate of drug-likeness (QED) is 0.189. The molecule has 0 spiro atoms. The number of anilines is 1. The van der Waals surface area contributed by atoms with E-state index in [4.69, 9.17) is 9.73 Å². The number of nitrogens with zero attached hydrogens (tertiary/aromatic N) is 2. The fourth-order valence-corrected chi connectivity index (χ4v) is 8.20. The number of ether oxygens (including phenoxy) is 1. The maximum Gasteiger partial charge on any atom is 0.341 e. The van der Waals surface area contributed by atoms with E-state index in [0.29, 0.717) is 30.9 Å². The van der Waals surface area contributed by atoms with Crippen molar-refractivity contribution in [3.05, 3.63) is 138 Å².